The summed E-state index contributed by atoms with van der Waals surface area (Å²) >= 11 is 0. The quantitative estimate of drug-likeness (QED) is 0.774. The highest BCUT2D eigenvalue weighted by atomic mass is 16.3. The Hall–Kier alpha value is -2.88. The fourth-order valence-corrected chi connectivity index (χ4v) is 2.83. The highest BCUT2D eigenvalue weighted by molar-refractivity contribution is 5.93. The molecule has 4 nitrogen and oxygen atoms in total. The molecule has 0 saturated carbocycles. The molecule has 4 heteroatoms. The third-order valence-electron chi connectivity index (χ3n) is 4.30. The molecule has 2 aromatic carbocycles. The van der Waals surface area contributed by atoms with Crippen LogP contribution in [0.5, 0.6) is 0 Å². The molecular formula is C21H21NO3. The van der Waals surface area contributed by atoms with Crippen molar-refractivity contribution in [3.8, 4) is 0 Å². The molecule has 0 saturated heterocycles. The maximum absolute atomic E-state index is 12.6. The summed E-state index contributed by atoms with van der Waals surface area (Å²) in [5.41, 5.74) is 3.38. The number of benzene rings is 2. The van der Waals surface area contributed by atoms with Crippen LogP contribution in [0.4, 0.5) is 0 Å². The van der Waals surface area contributed by atoms with Crippen LogP contribution < -0.4 is 10.7 Å². The lowest BCUT2D eigenvalue weighted by Crippen LogP contribution is -2.28. The molecule has 3 aromatic rings. The Balaban J connectivity index is 1.89. The lowest BCUT2D eigenvalue weighted by Gasteiger charge is -2.17. The molecule has 1 N–H and O–H groups in total. The molecular weight excluding hydrogens is 314 g/mol. The van der Waals surface area contributed by atoms with Gasteiger partial charge < -0.3 is 9.73 Å². The number of fused-ring (bicyclic) bond motifs is 1. The van der Waals surface area contributed by atoms with Gasteiger partial charge in [-0.1, -0.05) is 48.4 Å². The van der Waals surface area contributed by atoms with Crippen LogP contribution in [0.3, 0.4) is 0 Å². The maximum Gasteiger partial charge on any atom is 0.287 e. The zero-order chi connectivity index (χ0) is 18.0. The van der Waals surface area contributed by atoms with E-state index in [2.05, 4.69) is 5.32 Å². The molecule has 0 aliphatic rings. The molecule has 0 spiro atoms. The Labute approximate surface area is 146 Å². The van der Waals surface area contributed by atoms with Gasteiger partial charge in [-0.2, -0.15) is 0 Å². The van der Waals surface area contributed by atoms with E-state index in [0.29, 0.717) is 11.0 Å². The summed E-state index contributed by atoms with van der Waals surface area (Å²) in [7, 11) is 0. The highest BCUT2D eigenvalue weighted by Gasteiger charge is 2.17. The molecule has 0 unspecified atom stereocenters. The van der Waals surface area contributed by atoms with Crippen LogP contribution in [-0.2, 0) is 0 Å². The average Bonchev–Trinajstić information content (AvgIpc) is 2.60. The number of hydrogen-bond acceptors (Lipinski definition) is 3. The second-order valence-corrected chi connectivity index (χ2v) is 6.32. The van der Waals surface area contributed by atoms with E-state index < -0.39 is 0 Å². The lowest BCUT2D eigenvalue weighted by molar-refractivity contribution is 0.0908. The minimum atomic E-state index is -0.382. The van der Waals surface area contributed by atoms with Crippen molar-refractivity contribution in [2.75, 3.05) is 0 Å². The van der Waals surface area contributed by atoms with Crippen molar-refractivity contribution in [1.29, 1.82) is 0 Å². The summed E-state index contributed by atoms with van der Waals surface area (Å²) in [5, 5.41) is 3.44. The number of carbonyl (C=O) groups is 1. The number of carbonyl (C=O) groups excluding carboxylic acids is 1. The van der Waals surface area contributed by atoms with Crippen LogP contribution in [0, 0.1) is 13.8 Å². The molecule has 128 valence electrons. The van der Waals surface area contributed by atoms with Crippen molar-refractivity contribution in [2.45, 2.75) is 33.2 Å². The van der Waals surface area contributed by atoms with Gasteiger partial charge in [0.1, 0.15) is 5.58 Å². The largest absolute Gasteiger partial charge is 0.451 e. The Morgan fingerprint density at radius 3 is 2.40 bits per heavy atom. The predicted octanol–water partition coefficient (Wildman–Crippen LogP) is 4.29. The molecule has 25 heavy (non-hydrogen) atoms. The van der Waals surface area contributed by atoms with Crippen molar-refractivity contribution >= 4 is 16.9 Å². The van der Waals surface area contributed by atoms with Crippen molar-refractivity contribution in [2.24, 2.45) is 0 Å². The molecule has 1 atom stereocenters. The number of rotatable bonds is 4. The fraction of sp³-hybridized carbons (Fsp3) is 0.238. The normalized spacial score (nSPS) is 12.1. The van der Waals surface area contributed by atoms with Gasteiger partial charge in [0, 0.05) is 6.07 Å². The number of hydrogen-bond donors (Lipinski definition) is 1. The Morgan fingerprint density at radius 1 is 1.04 bits per heavy atom. The zero-order valence-electron chi connectivity index (χ0n) is 14.6. The number of amides is 1. The Kier molecular flexibility index (Phi) is 4.70. The van der Waals surface area contributed by atoms with Crippen molar-refractivity contribution in [3.05, 3.63) is 81.2 Å². The van der Waals surface area contributed by atoms with Gasteiger partial charge in [-0.25, -0.2) is 0 Å². The summed E-state index contributed by atoms with van der Waals surface area (Å²) in [5.74, 6) is -0.348. The van der Waals surface area contributed by atoms with E-state index >= 15 is 0 Å². The van der Waals surface area contributed by atoms with Gasteiger partial charge in [-0.3, -0.25) is 9.59 Å². The van der Waals surface area contributed by atoms with Gasteiger partial charge in [-0.15, -0.1) is 0 Å². The second-order valence-electron chi connectivity index (χ2n) is 6.32. The second kappa shape index (κ2) is 6.93. The first-order valence-corrected chi connectivity index (χ1v) is 8.40. The van der Waals surface area contributed by atoms with Gasteiger partial charge >= 0.3 is 0 Å². The van der Waals surface area contributed by atoms with E-state index in [1.54, 1.807) is 12.1 Å². The molecule has 0 aliphatic carbocycles. The molecule has 3 rings (SSSR count). The SMILES string of the molecule is CC[C@@H](NC(=O)c1cc(=O)c2cc(C)ccc2o1)c1ccc(C)cc1. The van der Waals surface area contributed by atoms with Crippen LogP contribution in [0.1, 0.15) is 46.6 Å². The minimum absolute atomic E-state index is 0.0342. The molecule has 1 amide bonds. The van der Waals surface area contributed by atoms with Crippen molar-refractivity contribution < 1.29 is 9.21 Å². The van der Waals surface area contributed by atoms with Crippen LogP contribution in [0.2, 0.25) is 0 Å². The van der Waals surface area contributed by atoms with Crippen molar-refractivity contribution in [3.63, 3.8) is 0 Å². The third-order valence-corrected chi connectivity index (χ3v) is 4.30. The van der Waals surface area contributed by atoms with Crippen LogP contribution in [-0.4, -0.2) is 5.91 Å². The highest BCUT2D eigenvalue weighted by Crippen LogP contribution is 2.19. The summed E-state index contributed by atoms with van der Waals surface area (Å²) < 4.78 is 5.65. The summed E-state index contributed by atoms with van der Waals surface area (Å²) in [6.07, 6.45) is 0.742. The lowest BCUT2D eigenvalue weighted by atomic mass is 10.0. The predicted molar refractivity (Wildman–Crippen MR) is 98.9 cm³/mol. The first-order valence-electron chi connectivity index (χ1n) is 8.40. The standard InChI is InChI=1S/C21H21NO3/c1-4-17(15-8-5-13(2)6-9-15)22-21(24)20-12-18(23)16-11-14(3)7-10-19(16)25-20/h5-12,17H,4H2,1-3H3,(H,22,24)/t17-/m1/s1. The average molecular weight is 335 g/mol. The van der Waals surface area contributed by atoms with E-state index in [1.807, 2.05) is 51.1 Å². The summed E-state index contributed by atoms with van der Waals surface area (Å²) in [4.78, 5) is 24.9. The smallest absolute Gasteiger partial charge is 0.287 e. The van der Waals surface area contributed by atoms with Crippen LogP contribution in [0.25, 0.3) is 11.0 Å². The van der Waals surface area contributed by atoms with Crippen molar-refractivity contribution in [1.82, 2.24) is 5.32 Å². The van der Waals surface area contributed by atoms with Crippen LogP contribution >= 0.6 is 0 Å². The monoisotopic (exact) mass is 335 g/mol. The van der Waals surface area contributed by atoms with E-state index in [4.69, 9.17) is 4.42 Å². The van der Waals surface area contributed by atoms with Crippen LogP contribution in [0.15, 0.2) is 57.7 Å². The molecule has 0 fully saturated rings. The van der Waals surface area contributed by atoms with Gasteiger partial charge in [0.05, 0.1) is 11.4 Å². The van der Waals surface area contributed by atoms with E-state index in [-0.39, 0.29) is 23.1 Å². The first kappa shape index (κ1) is 17.0. The first-order chi connectivity index (χ1) is 12.0. The Bertz CT molecular complexity index is 971. The molecule has 1 heterocycles. The number of nitrogens with one attached hydrogen (secondary N) is 1. The fourth-order valence-electron chi connectivity index (χ4n) is 2.83. The zero-order valence-corrected chi connectivity index (χ0v) is 14.6. The summed E-state index contributed by atoms with van der Waals surface area (Å²) in [6.45, 7) is 5.94. The number of aryl methyl sites for hydroxylation is 2. The van der Waals surface area contributed by atoms with Gasteiger partial charge in [-0.05, 0) is 38.0 Å². The summed E-state index contributed by atoms with van der Waals surface area (Å²) in [6, 6.07) is 14.5. The van der Waals surface area contributed by atoms with E-state index in [0.717, 1.165) is 17.5 Å². The minimum Gasteiger partial charge on any atom is -0.451 e. The molecule has 1 aromatic heterocycles. The van der Waals surface area contributed by atoms with E-state index in [1.165, 1.54) is 11.6 Å². The third kappa shape index (κ3) is 3.63. The Morgan fingerprint density at radius 2 is 1.72 bits per heavy atom. The topological polar surface area (TPSA) is 59.3 Å². The molecule has 0 bridgehead atoms. The van der Waals surface area contributed by atoms with Gasteiger partial charge in [0.15, 0.2) is 11.2 Å². The van der Waals surface area contributed by atoms with E-state index in [9.17, 15) is 9.59 Å². The molecule has 0 aliphatic heterocycles. The maximum atomic E-state index is 12.6. The van der Waals surface area contributed by atoms with Gasteiger partial charge in [0.2, 0.25) is 0 Å². The molecule has 0 radical (unpaired) electrons. The van der Waals surface area contributed by atoms with Gasteiger partial charge in [0.25, 0.3) is 5.91 Å².